The van der Waals surface area contributed by atoms with Crippen LogP contribution < -0.4 is 4.74 Å². The van der Waals surface area contributed by atoms with Gasteiger partial charge < -0.3 is 14.7 Å². The number of carbonyl (C=O) groups excluding carboxylic acids is 1. The van der Waals surface area contributed by atoms with Crippen LogP contribution in [0.25, 0.3) is 0 Å². The van der Waals surface area contributed by atoms with Crippen molar-refractivity contribution in [2.75, 3.05) is 6.54 Å². The van der Waals surface area contributed by atoms with E-state index < -0.39 is 12.0 Å². The Kier molecular flexibility index (Phi) is 5.66. The maximum atomic E-state index is 12.1. The predicted octanol–water partition coefficient (Wildman–Crippen LogP) is 3.33. The highest BCUT2D eigenvalue weighted by Gasteiger charge is 2.34. The second kappa shape index (κ2) is 7.51. The Hall–Kier alpha value is -2.01. The van der Waals surface area contributed by atoms with E-state index >= 15 is 0 Å². The highest BCUT2D eigenvalue weighted by atomic mass is 35.5. The zero-order valence-corrected chi connectivity index (χ0v) is 13.9. The maximum absolute atomic E-state index is 12.1. The van der Waals surface area contributed by atoms with Crippen molar-refractivity contribution in [1.82, 2.24) is 4.90 Å². The van der Waals surface area contributed by atoms with Crippen molar-refractivity contribution < 1.29 is 19.4 Å². The molecule has 1 aromatic rings. The molecule has 2 atom stereocenters. The molecule has 0 saturated heterocycles. The van der Waals surface area contributed by atoms with Crippen molar-refractivity contribution in [3.8, 4) is 5.75 Å². The molecule has 1 aliphatic heterocycles. The first-order valence-electron chi connectivity index (χ1n) is 7.58. The number of amides is 1. The van der Waals surface area contributed by atoms with Crippen LogP contribution in [0.4, 0.5) is 0 Å². The van der Waals surface area contributed by atoms with E-state index in [-0.39, 0.29) is 18.4 Å². The number of halogens is 1. The summed E-state index contributed by atoms with van der Waals surface area (Å²) in [5.41, 5.74) is 0. The molecule has 0 fully saturated rings. The van der Waals surface area contributed by atoms with Gasteiger partial charge in [0.25, 0.3) is 5.91 Å². The van der Waals surface area contributed by atoms with E-state index in [1.165, 1.54) is 11.0 Å². The van der Waals surface area contributed by atoms with Gasteiger partial charge in [-0.25, -0.2) is 4.79 Å². The van der Waals surface area contributed by atoms with Gasteiger partial charge in [-0.05, 0) is 24.5 Å². The molecule has 1 heterocycles. The number of hydrogen-bond donors (Lipinski definition) is 1. The number of rotatable bonds is 7. The molecule has 124 valence electrons. The Bertz CT molecular complexity index is 629. The first kappa shape index (κ1) is 17.3. The minimum Gasteiger partial charge on any atom is -0.480 e. The van der Waals surface area contributed by atoms with Gasteiger partial charge in [-0.1, -0.05) is 44.0 Å². The van der Waals surface area contributed by atoms with Crippen LogP contribution in [0.1, 0.15) is 26.7 Å². The van der Waals surface area contributed by atoms with E-state index in [1.54, 1.807) is 24.3 Å². The monoisotopic (exact) mass is 337 g/mol. The van der Waals surface area contributed by atoms with Crippen molar-refractivity contribution in [2.24, 2.45) is 5.92 Å². The van der Waals surface area contributed by atoms with Crippen molar-refractivity contribution in [1.29, 1.82) is 0 Å². The van der Waals surface area contributed by atoms with Gasteiger partial charge in [-0.3, -0.25) is 4.79 Å². The zero-order valence-electron chi connectivity index (χ0n) is 13.2. The third kappa shape index (κ3) is 4.26. The van der Waals surface area contributed by atoms with E-state index in [1.807, 2.05) is 13.8 Å². The Morgan fingerprint density at radius 2 is 2.13 bits per heavy atom. The molecule has 5 nitrogen and oxygen atoms in total. The third-order valence-corrected chi connectivity index (χ3v) is 4.27. The van der Waals surface area contributed by atoms with Gasteiger partial charge in [0.2, 0.25) is 0 Å². The number of benzene rings is 1. The summed E-state index contributed by atoms with van der Waals surface area (Å²) in [6.45, 7) is 4.11. The molecule has 0 bridgehead atoms. The number of ether oxygens (including phenoxy) is 1. The SMILES string of the molecule is CCC(C)C[C@@H](C(=O)O)N1CC(Oc2ccccc2Cl)=CC1=O. The van der Waals surface area contributed by atoms with Gasteiger partial charge in [0.1, 0.15) is 17.6 Å². The molecule has 0 aromatic heterocycles. The van der Waals surface area contributed by atoms with Crippen LogP contribution >= 0.6 is 11.6 Å². The molecule has 1 aliphatic rings. The number of hydrogen-bond acceptors (Lipinski definition) is 3. The molecule has 1 aromatic carbocycles. The van der Waals surface area contributed by atoms with Crippen molar-refractivity contribution in [3.63, 3.8) is 0 Å². The van der Waals surface area contributed by atoms with E-state index in [0.717, 1.165) is 6.42 Å². The zero-order chi connectivity index (χ0) is 17.0. The van der Waals surface area contributed by atoms with Gasteiger partial charge >= 0.3 is 5.97 Å². The fraction of sp³-hybridized carbons (Fsp3) is 0.412. The molecule has 1 amide bonds. The maximum Gasteiger partial charge on any atom is 0.326 e. The first-order valence-corrected chi connectivity index (χ1v) is 7.96. The average molecular weight is 338 g/mol. The lowest BCUT2D eigenvalue weighted by molar-refractivity contribution is -0.148. The number of carboxylic acids is 1. The van der Waals surface area contributed by atoms with Crippen LogP contribution in [-0.4, -0.2) is 34.5 Å². The summed E-state index contributed by atoms with van der Waals surface area (Å²) < 4.78 is 5.64. The summed E-state index contributed by atoms with van der Waals surface area (Å²) in [4.78, 5) is 25.0. The van der Waals surface area contributed by atoms with Crippen molar-refractivity contribution >= 4 is 23.5 Å². The molecule has 1 N–H and O–H groups in total. The number of carbonyl (C=O) groups is 2. The van der Waals surface area contributed by atoms with Crippen LogP contribution in [0.2, 0.25) is 5.02 Å². The molecule has 1 unspecified atom stereocenters. The summed E-state index contributed by atoms with van der Waals surface area (Å²) in [6, 6.07) is 6.10. The fourth-order valence-corrected chi connectivity index (χ4v) is 2.59. The van der Waals surface area contributed by atoms with Crippen molar-refractivity contribution in [3.05, 3.63) is 41.1 Å². The van der Waals surface area contributed by atoms with Crippen molar-refractivity contribution in [2.45, 2.75) is 32.7 Å². The van der Waals surface area contributed by atoms with Gasteiger partial charge in [-0.2, -0.15) is 0 Å². The smallest absolute Gasteiger partial charge is 0.326 e. The molecule has 6 heteroatoms. The summed E-state index contributed by atoms with van der Waals surface area (Å²) in [6.07, 6.45) is 2.61. The van der Waals surface area contributed by atoms with E-state index in [9.17, 15) is 14.7 Å². The molecular weight excluding hydrogens is 318 g/mol. The Morgan fingerprint density at radius 1 is 1.43 bits per heavy atom. The normalized spacial score (nSPS) is 16.9. The molecule has 0 radical (unpaired) electrons. The molecule has 2 rings (SSSR count). The molecule has 23 heavy (non-hydrogen) atoms. The van der Waals surface area contributed by atoms with E-state index in [4.69, 9.17) is 16.3 Å². The summed E-state index contributed by atoms with van der Waals surface area (Å²) in [7, 11) is 0. The van der Waals surface area contributed by atoms with E-state index in [0.29, 0.717) is 23.0 Å². The number of para-hydroxylation sites is 1. The van der Waals surface area contributed by atoms with Gasteiger partial charge in [0.15, 0.2) is 0 Å². The van der Waals surface area contributed by atoms with Crippen LogP contribution in [0.5, 0.6) is 5.75 Å². The highest BCUT2D eigenvalue weighted by molar-refractivity contribution is 6.32. The van der Waals surface area contributed by atoms with Crippen LogP contribution in [0.15, 0.2) is 36.1 Å². The summed E-state index contributed by atoms with van der Waals surface area (Å²) >= 11 is 6.03. The Labute approximate surface area is 140 Å². The molecular formula is C17H20ClNO4. The second-order valence-electron chi connectivity index (χ2n) is 5.71. The lowest BCUT2D eigenvalue weighted by Gasteiger charge is -2.26. The fourth-order valence-electron chi connectivity index (χ4n) is 2.42. The number of aliphatic carboxylic acids is 1. The van der Waals surface area contributed by atoms with Crippen LogP contribution in [-0.2, 0) is 9.59 Å². The Balaban J connectivity index is 2.09. The highest BCUT2D eigenvalue weighted by Crippen LogP contribution is 2.28. The van der Waals surface area contributed by atoms with Gasteiger partial charge in [0, 0.05) is 6.08 Å². The minimum absolute atomic E-state index is 0.136. The largest absolute Gasteiger partial charge is 0.480 e. The minimum atomic E-state index is -0.994. The Morgan fingerprint density at radius 3 is 2.74 bits per heavy atom. The number of nitrogens with zero attached hydrogens (tertiary/aromatic N) is 1. The second-order valence-corrected chi connectivity index (χ2v) is 6.12. The predicted molar refractivity (Wildman–Crippen MR) is 87.4 cm³/mol. The van der Waals surface area contributed by atoms with Gasteiger partial charge in [0.05, 0.1) is 11.6 Å². The average Bonchev–Trinajstić information content (AvgIpc) is 2.87. The summed E-state index contributed by atoms with van der Waals surface area (Å²) in [5, 5.41) is 9.88. The summed E-state index contributed by atoms with van der Waals surface area (Å²) in [5.74, 6) is -0.270. The van der Waals surface area contributed by atoms with Gasteiger partial charge in [-0.15, -0.1) is 0 Å². The van der Waals surface area contributed by atoms with Crippen LogP contribution in [0, 0.1) is 5.92 Å². The standard InChI is InChI=1S/C17H20ClNO4/c1-3-11(2)8-14(17(21)22)19-10-12(9-16(19)20)23-15-7-5-4-6-13(15)18/h4-7,9,11,14H,3,8,10H2,1-2H3,(H,21,22)/t11?,14-/m0/s1. The number of carboxylic acid groups (broad SMARTS) is 1. The quantitative estimate of drug-likeness (QED) is 0.828. The molecule has 0 saturated carbocycles. The molecule has 0 spiro atoms. The third-order valence-electron chi connectivity index (χ3n) is 3.96. The lowest BCUT2D eigenvalue weighted by Crippen LogP contribution is -2.43. The first-order chi connectivity index (χ1) is 10.9. The topological polar surface area (TPSA) is 66.8 Å². The van der Waals surface area contributed by atoms with Crippen LogP contribution in [0.3, 0.4) is 0 Å². The van der Waals surface area contributed by atoms with E-state index in [2.05, 4.69) is 0 Å². The molecule has 0 aliphatic carbocycles. The lowest BCUT2D eigenvalue weighted by atomic mass is 9.98.